The van der Waals surface area contributed by atoms with Gasteiger partial charge in [-0.1, -0.05) is 11.4 Å². The Labute approximate surface area is 115 Å². The molecule has 19 heavy (non-hydrogen) atoms. The van der Waals surface area contributed by atoms with E-state index in [1.54, 1.807) is 19.4 Å². The van der Waals surface area contributed by atoms with Crippen LogP contribution in [0.3, 0.4) is 0 Å². The van der Waals surface area contributed by atoms with Crippen molar-refractivity contribution in [1.82, 2.24) is 19.9 Å². The Morgan fingerprint density at radius 2 is 2.37 bits per heavy atom. The number of hydrogen-bond donors (Lipinski definition) is 1. The molecule has 7 heteroatoms. The van der Waals surface area contributed by atoms with Crippen molar-refractivity contribution in [2.75, 3.05) is 7.11 Å². The highest BCUT2D eigenvalue weighted by Crippen LogP contribution is 2.12. The Kier molecular flexibility index (Phi) is 4.40. The topological polar surface area (TPSA) is 77.0 Å². The number of rotatable bonds is 5. The van der Waals surface area contributed by atoms with Crippen LogP contribution in [0.1, 0.15) is 27.9 Å². The summed E-state index contributed by atoms with van der Waals surface area (Å²) in [5.41, 5.74) is 1.66. The number of nitrogens with one attached hydrogen (secondary N) is 1. The molecular formula is C12H14N4O2S. The molecule has 0 aliphatic rings. The molecule has 0 aliphatic carbocycles. The Morgan fingerprint density at radius 1 is 1.53 bits per heavy atom. The van der Waals surface area contributed by atoms with Crippen LogP contribution in [0.25, 0.3) is 0 Å². The molecule has 0 aliphatic heterocycles. The van der Waals surface area contributed by atoms with Crippen LogP contribution in [-0.4, -0.2) is 27.6 Å². The lowest BCUT2D eigenvalue weighted by molar-refractivity contribution is 0.0954. The molecule has 0 fully saturated rings. The summed E-state index contributed by atoms with van der Waals surface area (Å²) in [7, 11) is 1.56. The molecule has 2 aromatic rings. The van der Waals surface area contributed by atoms with Crippen molar-refractivity contribution in [1.29, 1.82) is 0 Å². The minimum Gasteiger partial charge on any atom is -0.481 e. The Balaban J connectivity index is 2.00. The lowest BCUT2D eigenvalue weighted by Gasteiger charge is -2.05. The first kappa shape index (κ1) is 13.4. The summed E-state index contributed by atoms with van der Waals surface area (Å²) >= 11 is 1.11. The van der Waals surface area contributed by atoms with E-state index in [9.17, 15) is 4.79 Å². The van der Waals surface area contributed by atoms with Gasteiger partial charge in [0.2, 0.25) is 5.88 Å². The molecule has 0 bridgehead atoms. The van der Waals surface area contributed by atoms with Gasteiger partial charge in [-0.3, -0.25) is 4.79 Å². The Morgan fingerprint density at radius 3 is 3.11 bits per heavy atom. The third kappa shape index (κ3) is 3.25. The SMILES string of the molecule is CCc1nnsc1C(=O)NCc1ccnc(OC)c1. The van der Waals surface area contributed by atoms with E-state index in [4.69, 9.17) is 4.74 Å². The number of nitrogens with zero attached hydrogens (tertiary/aromatic N) is 3. The lowest BCUT2D eigenvalue weighted by atomic mass is 10.2. The van der Waals surface area contributed by atoms with E-state index in [1.165, 1.54) is 0 Å². The molecule has 2 rings (SSSR count). The first-order chi connectivity index (χ1) is 9.24. The maximum Gasteiger partial charge on any atom is 0.265 e. The zero-order chi connectivity index (χ0) is 13.7. The average molecular weight is 278 g/mol. The number of ether oxygens (including phenoxy) is 1. The second-order valence-electron chi connectivity index (χ2n) is 3.79. The number of methoxy groups -OCH3 is 1. The van der Waals surface area contributed by atoms with Crippen molar-refractivity contribution in [3.63, 3.8) is 0 Å². The van der Waals surface area contributed by atoms with Gasteiger partial charge >= 0.3 is 0 Å². The highest BCUT2D eigenvalue weighted by Gasteiger charge is 2.14. The lowest BCUT2D eigenvalue weighted by Crippen LogP contribution is -2.23. The van der Waals surface area contributed by atoms with Gasteiger partial charge in [-0.2, -0.15) is 0 Å². The van der Waals surface area contributed by atoms with E-state index in [1.807, 2.05) is 13.0 Å². The maximum absolute atomic E-state index is 12.0. The summed E-state index contributed by atoms with van der Waals surface area (Å²) < 4.78 is 8.83. The quantitative estimate of drug-likeness (QED) is 0.895. The number of amides is 1. The van der Waals surface area contributed by atoms with Gasteiger partial charge in [-0.25, -0.2) is 4.98 Å². The molecule has 0 atom stereocenters. The van der Waals surface area contributed by atoms with E-state index in [-0.39, 0.29) is 5.91 Å². The molecule has 1 N–H and O–H groups in total. The number of carbonyl (C=O) groups excluding carboxylic acids is 1. The summed E-state index contributed by atoms with van der Waals surface area (Å²) in [6.07, 6.45) is 2.34. The average Bonchev–Trinajstić information content (AvgIpc) is 2.93. The molecule has 0 radical (unpaired) electrons. The van der Waals surface area contributed by atoms with Crippen molar-refractivity contribution in [2.24, 2.45) is 0 Å². The van der Waals surface area contributed by atoms with Crippen LogP contribution in [0.15, 0.2) is 18.3 Å². The van der Waals surface area contributed by atoms with E-state index < -0.39 is 0 Å². The summed E-state index contributed by atoms with van der Waals surface area (Å²) in [5, 5.41) is 6.75. The fourth-order valence-electron chi connectivity index (χ4n) is 1.55. The van der Waals surface area contributed by atoms with Gasteiger partial charge in [0.05, 0.1) is 12.8 Å². The van der Waals surface area contributed by atoms with Crippen LogP contribution in [-0.2, 0) is 13.0 Å². The number of aryl methyl sites for hydroxylation is 1. The largest absolute Gasteiger partial charge is 0.481 e. The fourth-order valence-corrected chi connectivity index (χ4v) is 2.21. The third-order valence-corrected chi connectivity index (χ3v) is 3.33. The van der Waals surface area contributed by atoms with Crippen molar-refractivity contribution in [2.45, 2.75) is 19.9 Å². The summed E-state index contributed by atoms with van der Waals surface area (Å²) in [6, 6.07) is 3.61. The fraction of sp³-hybridized carbons (Fsp3) is 0.333. The monoisotopic (exact) mass is 278 g/mol. The van der Waals surface area contributed by atoms with Crippen LogP contribution >= 0.6 is 11.5 Å². The van der Waals surface area contributed by atoms with Crippen LogP contribution in [0.4, 0.5) is 0 Å². The van der Waals surface area contributed by atoms with Crippen molar-refractivity contribution in [3.8, 4) is 5.88 Å². The highest BCUT2D eigenvalue weighted by molar-refractivity contribution is 7.08. The van der Waals surface area contributed by atoms with Crippen LogP contribution < -0.4 is 10.1 Å². The zero-order valence-electron chi connectivity index (χ0n) is 10.7. The minimum absolute atomic E-state index is 0.150. The molecule has 0 saturated heterocycles. The molecule has 2 heterocycles. The van der Waals surface area contributed by atoms with Gasteiger partial charge in [0.15, 0.2) is 0 Å². The minimum atomic E-state index is -0.150. The molecule has 6 nitrogen and oxygen atoms in total. The summed E-state index contributed by atoms with van der Waals surface area (Å²) in [6.45, 7) is 2.36. The van der Waals surface area contributed by atoms with Gasteiger partial charge in [-0.05, 0) is 29.6 Å². The smallest absolute Gasteiger partial charge is 0.265 e. The molecule has 0 unspecified atom stereocenters. The summed E-state index contributed by atoms with van der Waals surface area (Å²) in [4.78, 5) is 16.6. The van der Waals surface area contributed by atoms with Crippen LogP contribution in [0.5, 0.6) is 5.88 Å². The Hall–Kier alpha value is -2.02. The van der Waals surface area contributed by atoms with Crippen molar-refractivity contribution in [3.05, 3.63) is 34.5 Å². The van der Waals surface area contributed by atoms with Crippen LogP contribution in [0, 0.1) is 0 Å². The first-order valence-electron chi connectivity index (χ1n) is 5.83. The number of aromatic nitrogens is 3. The van der Waals surface area contributed by atoms with E-state index in [0.717, 1.165) is 22.8 Å². The van der Waals surface area contributed by atoms with E-state index >= 15 is 0 Å². The molecular weight excluding hydrogens is 264 g/mol. The zero-order valence-corrected chi connectivity index (χ0v) is 11.5. The normalized spacial score (nSPS) is 10.2. The van der Waals surface area contributed by atoms with Gasteiger partial charge in [0.25, 0.3) is 5.91 Å². The molecule has 1 amide bonds. The van der Waals surface area contributed by atoms with Gasteiger partial charge in [0, 0.05) is 18.8 Å². The molecule has 0 spiro atoms. The van der Waals surface area contributed by atoms with Crippen molar-refractivity contribution >= 4 is 17.4 Å². The number of hydrogen-bond acceptors (Lipinski definition) is 6. The highest BCUT2D eigenvalue weighted by atomic mass is 32.1. The first-order valence-corrected chi connectivity index (χ1v) is 6.60. The maximum atomic E-state index is 12.0. The van der Waals surface area contributed by atoms with E-state index in [0.29, 0.717) is 23.7 Å². The van der Waals surface area contributed by atoms with E-state index in [2.05, 4.69) is 19.9 Å². The standard InChI is InChI=1S/C12H14N4O2S/c1-3-9-11(19-16-15-9)12(17)14-7-8-4-5-13-10(6-8)18-2/h4-6H,3,7H2,1-2H3,(H,14,17). The predicted octanol–water partition coefficient (Wildman–Crippen LogP) is 1.43. The molecule has 0 aromatic carbocycles. The van der Waals surface area contributed by atoms with Gasteiger partial charge < -0.3 is 10.1 Å². The number of pyridine rings is 1. The third-order valence-electron chi connectivity index (χ3n) is 2.56. The second-order valence-corrected chi connectivity index (χ2v) is 4.55. The van der Waals surface area contributed by atoms with Crippen molar-refractivity contribution < 1.29 is 9.53 Å². The second kappa shape index (κ2) is 6.24. The van der Waals surface area contributed by atoms with Crippen LogP contribution in [0.2, 0.25) is 0 Å². The predicted molar refractivity (Wildman–Crippen MR) is 71.2 cm³/mol. The molecule has 2 aromatic heterocycles. The Bertz CT molecular complexity index is 570. The van der Waals surface area contributed by atoms with Gasteiger partial charge in [-0.15, -0.1) is 5.10 Å². The molecule has 100 valence electrons. The number of carbonyl (C=O) groups is 1. The van der Waals surface area contributed by atoms with Gasteiger partial charge in [0.1, 0.15) is 4.88 Å². The summed E-state index contributed by atoms with van der Waals surface area (Å²) in [5.74, 6) is 0.378. The molecule has 0 saturated carbocycles.